The monoisotopic (exact) mass is 606 g/mol. The molecule has 6 rings (SSSR count). The second-order valence-corrected chi connectivity index (χ2v) is 10.5. The van der Waals surface area contributed by atoms with Gasteiger partial charge < -0.3 is 24.0 Å². The van der Waals surface area contributed by atoms with Gasteiger partial charge in [0.25, 0.3) is 5.91 Å². The number of carbonyl (C=O) groups is 2. The molecule has 1 fully saturated rings. The average molecular weight is 607 g/mol. The van der Waals surface area contributed by atoms with Crippen LogP contribution in [0.15, 0.2) is 91.0 Å². The number of methoxy groups -OCH3 is 2. The summed E-state index contributed by atoms with van der Waals surface area (Å²) in [4.78, 5) is 39.2. The maximum atomic E-state index is 14.2. The fraction of sp³-hybridized carbons (Fsp3) is 0.200. The lowest BCUT2D eigenvalue weighted by Gasteiger charge is -2.36. The Morgan fingerprint density at radius 3 is 1.89 bits per heavy atom. The van der Waals surface area contributed by atoms with Gasteiger partial charge in [0.2, 0.25) is 0 Å². The van der Waals surface area contributed by atoms with Crippen LogP contribution in [0.5, 0.6) is 11.5 Å². The van der Waals surface area contributed by atoms with Gasteiger partial charge >= 0.3 is 5.97 Å². The summed E-state index contributed by atoms with van der Waals surface area (Å²) < 4.78 is 30.2. The van der Waals surface area contributed by atoms with E-state index in [1.807, 2.05) is 53.4 Å². The zero-order valence-electron chi connectivity index (χ0n) is 24.9. The molecule has 228 valence electrons. The lowest BCUT2D eigenvalue weighted by Crippen LogP contribution is -2.50. The number of ether oxygens (including phenoxy) is 3. The van der Waals surface area contributed by atoms with E-state index in [1.165, 1.54) is 6.07 Å². The first-order chi connectivity index (χ1) is 21.9. The fourth-order valence-electron chi connectivity index (χ4n) is 5.29. The van der Waals surface area contributed by atoms with Crippen LogP contribution in [0.4, 0.5) is 10.1 Å². The number of nitrogens with zero attached hydrogens (tertiary/aromatic N) is 4. The van der Waals surface area contributed by atoms with Crippen LogP contribution in [0.3, 0.4) is 0 Å². The molecular formula is C35H31FN4O5. The van der Waals surface area contributed by atoms with Crippen LogP contribution in [-0.4, -0.2) is 73.7 Å². The van der Waals surface area contributed by atoms with E-state index >= 15 is 0 Å². The van der Waals surface area contributed by atoms with Gasteiger partial charge in [-0.25, -0.2) is 19.2 Å². The van der Waals surface area contributed by atoms with E-state index in [2.05, 4.69) is 0 Å². The number of hydrogen-bond donors (Lipinski definition) is 0. The molecule has 1 aromatic heterocycles. The number of benzene rings is 4. The van der Waals surface area contributed by atoms with Crippen molar-refractivity contribution in [1.29, 1.82) is 0 Å². The molecule has 0 radical (unpaired) electrons. The molecule has 2 heterocycles. The molecule has 45 heavy (non-hydrogen) atoms. The summed E-state index contributed by atoms with van der Waals surface area (Å²) in [5.74, 6) is 0.208. The van der Waals surface area contributed by atoms with Crippen LogP contribution < -0.4 is 14.4 Å². The van der Waals surface area contributed by atoms with E-state index < -0.39 is 12.6 Å². The summed E-state index contributed by atoms with van der Waals surface area (Å²) in [6, 6.07) is 26.6. The van der Waals surface area contributed by atoms with Gasteiger partial charge in [0.15, 0.2) is 6.61 Å². The number of anilines is 1. The molecular weight excluding hydrogens is 575 g/mol. The van der Waals surface area contributed by atoms with Crippen molar-refractivity contribution in [1.82, 2.24) is 14.9 Å². The molecule has 1 amide bonds. The fourth-order valence-corrected chi connectivity index (χ4v) is 5.29. The molecule has 1 aliphatic heterocycles. The van der Waals surface area contributed by atoms with Crippen molar-refractivity contribution in [2.24, 2.45) is 0 Å². The molecule has 4 aromatic carbocycles. The first-order valence-electron chi connectivity index (χ1n) is 14.5. The first-order valence-corrected chi connectivity index (χ1v) is 14.5. The van der Waals surface area contributed by atoms with Crippen molar-refractivity contribution in [3.05, 3.63) is 102 Å². The molecule has 0 aliphatic carbocycles. The van der Waals surface area contributed by atoms with Gasteiger partial charge in [0.1, 0.15) is 17.3 Å². The Hall–Kier alpha value is -5.51. The zero-order chi connectivity index (χ0) is 31.3. The van der Waals surface area contributed by atoms with Gasteiger partial charge in [0, 0.05) is 37.3 Å². The number of fused-ring (bicyclic) bond motifs is 1. The quantitative estimate of drug-likeness (QED) is 0.210. The zero-order valence-corrected chi connectivity index (χ0v) is 24.9. The number of esters is 1. The van der Waals surface area contributed by atoms with Crippen LogP contribution in [0.25, 0.3) is 33.5 Å². The Kier molecular flexibility index (Phi) is 8.54. The number of hydrogen-bond acceptors (Lipinski definition) is 8. The second kappa shape index (κ2) is 13.0. The number of para-hydroxylation sites is 1. The van der Waals surface area contributed by atoms with Crippen molar-refractivity contribution in [2.45, 2.75) is 0 Å². The van der Waals surface area contributed by atoms with Crippen LogP contribution in [0, 0.1) is 5.82 Å². The number of amides is 1. The second-order valence-electron chi connectivity index (χ2n) is 10.5. The van der Waals surface area contributed by atoms with Gasteiger partial charge in [-0.15, -0.1) is 0 Å². The highest BCUT2D eigenvalue weighted by atomic mass is 19.1. The Balaban J connectivity index is 1.19. The van der Waals surface area contributed by atoms with Crippen molar-refractivity contribution in [2.75, 3.05) is 51.9 Å². The maximum Gasteiger partial charge on any atom is 0.338 e. The number of halogens is 1. The Morgan fingerprint density at radius 2 is 1.31 bits per heavy atom. The van der Waals surface area contributed by atoms with Gasteiger partial charge in [0.05, 0.1) is 47.9 Å². The number of piperazine rings is 1. The molecule has 0 N–H and O–H groups in total. The largest absolute Gasteiger partial charge is 0.497 e. The molecule has 9 nitrogen and oxygen atoms in total. The standard InChI is InChI=1S/C35H31FN4O5/c1-43-26-12-7-23(8-13-26)33-34(24-9-14-27(44-2)15-10-24)38-30-21-25(11-16-29(30)37-33)35(42)45-22-32(41)40-19-17-39(18-20-40)31-6-4-3-5-28(31)36/h3-16,21H,17-20,22H2,1-2H3. The summed E-state index contributed by atoms with van der Waals surface area (Å²) in [7, 11) is 3.22. The molecule has 0 saturated carbocycles. The van der Waals surface area contributed by atoms with Crippen molar-refractivity contribution in [3.8, 4) is 34.0 Å². The normalized spacial score (nSPS) is 13.0. The minimum absolute atomic E-state index is 0.256. The predicted molar refractivity (Wildman–Crippen MR) is 169 cm³/mol. The SMILES string of the molecule is COc1ccc(-c2nc3ccc(C(=O)OCC(=O)N4CCN(c5ccccc5F)CC4)cc3nc2-c2ccc(OC)cc2)cc1. The van der Waals surface area contributed by atoms with E-state index in [-0.39, 0.29) is 17.3 Å². The Labute approximate surface area is 259 Å². The molecule has 1 aliphatic rings. The summed E-state index contributed by atoms with van der Waals surface area (Å²) in [6.45, 7) is 1.38. The van der Waals surface area contributed by atoms with E-state index in [0.717, 1.165) is 16.9 Å². The molecule has 10 heteroatoms. The van der Waals surface area contributed by atoms with Crippen LogP contribution >= 0.6 is 0 Å². The number of aromatic nitrogens is 2. The van der Waals surface area contributed by atoms with Crippen LogP contribution in [0.2, 0.25) is 0 Å². The summed E-state index contributed by atoms with van der Waals surface area (Å²) >= 11 is 0. The van der Waals surface area contributed by atoms with Crippen LogP contribution in [-0.2, 0) is 9.53 Å². The maximum absolute atomic E-state index is 14.2. The molecule has 0 bridgehead atoms. The minimum atomic E-state index is -0.637. The van der Waals surface area contributed by atoms with E-state index in [9.17, 15) is 14.0 Å². The van der Waals surface area contributed by atoms with Gasteiger partial charge in [-0.2, -0.15) is 0 Å². The lowest BCUT2D eigenvalue weighted by atomic mass is 10.0. The topological polar surface area (TPSA) is 94.1 Å². The van der Waals surface area contributed by atoms with Crippen molar-refractivity contribution in [3.63, 3.8) is 0 Å². The molecule has 0 unspecified atom stereocenters. The third kappa shape index (κ3) is 6.40. The van der Waals surface area contributed by atoms with Crippen molar-refractivity contribution >= 4 is 28.6 Å². The Bertz CT molecular complexity index is 1840. The lowest BCUT2D eigenvalue weighted by molar-refractivity contribution is -0.134. The molecule has 0 spiro atoms. The van der Waals surface area contributed by atoms with Gasteiger partial charge in [-0.3, -0.25) is 4.79 Å². The van der Waals surface area contributed by atoms with Crippen LogP contribution in [0.1, 0.15) is 10.4 Å². The third-order valence-corrected chi connectivity index (χ3v) is 7.78. The summed E-state index contributed by atoms with van der Waals surface area (Å²) in [6.07, 6.45) is 0. The third-order valence-electron chi connectivity index (χ3n) is 7.78. The van der Waals surface area contributed by atoms with Gasteiger partial charge in [-0.1, -0.05) is 12.1 Å². The molecule has 1 saturated heterocycles. The summed E-state index contributed by atoms with van der Waals surface area (Å²) in [5, 5.41) is 0. The summed E-state index contributed by atoms with van der Waals surface area (Å²) in [5.41, 5.74) is 4.85. The molecule has 0 atom stereocenters. The highest BCUT2D eigenvalue weighted by Crippen LogP contribution is 2.33. The Morgan fingerprint density at radius 1 is 0.733 bits per heavy atom. The molecule has 5 aromatic rings. The van der Waals surface area contributed by atoms with Gasteiger partial charge in [-0.05, 0) is 78.9 Å². The number of rotatable bonds is 8. The first kappa shape index (κ1) is 29.6. The predicted octanol–water partition coefficient (Wildman–Crippen LogP) is 5.63. The van der Waals surface area contributed by atoms with E-state index in [0.29, 0.717) is 60.0 Å². The average Bonchev–Trinajstić information content (AvgIpc) is 3.10. The highest BCUT2D eigenvalue weighted by molar-refractivity contribution is 5.96. The highest BCUT2D eigenvalue weighted by Gasteiger charge is 2.24. The van der Waals surface area contributed by atoms with Crippen molar-refractivity contribution < 1.29 is 28.2 Å². The van der Waals surface area contributed by atoms with E-state index in [1.54, 1.807) is 55.5 Å². The smallest absolute Gasteiger partial charge is 0.338 e. The minimum Gasteiger partial charge on any atom is -0.497 e. The number of carbonyl (C=O) groups excluding carboxylic acids is 2. The van der Waals surface area contributed by atoms with E-state index in [4.69, 9.17) is 24.2 Å².